The first-order valence-electron chi connectivity index (χ1n) is 16.3. The maximum Gasteiger partial charge on any atom is 0.335 e. The number of rotatable bonds is 20. The summed E-state index contributed by atoms with van der Waals surface area (Å²) in [6, 6.07) is 16.5. The van der Waals surface area contributed by atoms with Crippen LogP contribution in [-0.4, -0.2) is 56.2 Å². The molecule has 0 unspecified atom stereocenters. The molecule has 1 N–H and O–H groups in total. The second-order valence-corrected chi connectivity index (χ2v) is 11.1. The number of ether oxygens (including phenoxy) is 6. The molecule has 1 aliphatic rings. The third-order valence-corrected chi connectivity index (χ3v) is 7.67. The highest BCUT2D eigenvalue weighted by Gasteiger charge is 2.16. The zero-order valence-corrected chi connectivity index (χ0v) is 27.2. The molecule has 0 radical (unpaired) electrons. The van der Waals surface area contributed by atoms with Crippen LogP contribution in [0.1, 0.15) is 80.3 Å². The summed E-state index contributed by atoms with van der Waals surface area (Å²) >= 11 is 0. The molecule has 252 valence electrons. The van der Waals surface area contributed by atoms with Crippen molar-refractivity contribution in [3.63, 3.8) is 0 Å². The minimum atomic E-state index is -1.02. The van der Waals surface area contributed by atoms with Gasteiger partial charge >= 0.3 is 17.9 Å². The molecule has 10 heteroatoms. The smallest absolute Gasteiger partial charge is 0.335 e. The van der Waals surface area contributed by atoms with E-state index in [9.17, 15) is 19.5 Å². The van der Waals surface area contributed by atoms with Crippen molar-refractivity contribution in [1.29, 1.82) is 0 Å². The highest BCUT2D eigenvalue weighted by Crippen LogP contribution is 2.37. The Bertz CT molecular complexity index is 1500. The van der Waals surface area contributed by atoms with E-state index in [-0.39, 0.29) is 30.7 Å². The lowest BCUT2D eigenvalue weighted by Gasteiger charge is -2.16. The summed E-state index contributed by atoms with van der Waals surface area (Å²) in [5.74, 6) is 1.02. The Kier molecular flexibility index (Phi) is 13.8. The fraction of sp³-hybridized carbons (Fsp3) is 0.432. The van der Waals surface area contributed by atoms with Crippen molar-refractivity contribution in [2.24, 2.45) is 0 Å². The number of aryl methyl sites for hydroxylation is 1. The minimum absolute atomic E-state index is 0.152. The second-order valence-electron chi connectivity index (χ2n) is 11.1. The quantitative estimate of drug-likeness (QED) is 0.0994. The van der Waals surface area contributed by atoms with Gasteiger partial charge in [-0.3, -0.25) is 9.59 Å². The number of carboxylic acid groups (broad SMARTS) is 1. The number of aromatic carboxylic acids is 1. The Morgan fingerprint density at radius 1 is 0.723 bits per heavy atom. The highest BCUT2D eigenvalue weighted by atomic mass is 16.7. The van der Waals surface area contributed by atoms with E-state index >= 15 is 0 Å². The van der Waals surface area contributed by atoms with Crippen LogP contribution < -0.4 is 18.9 Å². The van der Waals surface area contributed by atoms with Gasteiger partial charge < -0.3 is 33.5 Å². The number of hydrogen-bond donors (Lipinski definition) is 1. The van der Waals surface area contributed by atoms with E-state index in [4.69, 9.17) is 28.4 Å². The first-order valence-corrected chi connectivity index (χ1v) is 16.3. The van der Waals surface area contributed by atoms with Gasteiger partial charge in [-0.2, -0.15) is 0 Å². The van der Waals surface area contributed by atoms with Gasteiger partial charge in [0.25, 0.3) is 0 Å². The van der Waals surface area contributed by atoms with Gasteiger partial charge in [0.15, 0.2) is 11.5 Å². The number of unbranched alkanes of at least 4 members (excludes halogenated alkanes) is 3. The third-order valence-electron chi connectivity index (χ3n) is 7.67. The molecule has 0 spiro atoms. The first kappa shape index (κ1) is 35.1. The molecule has 47 heavy (non-hydrogen) atoms. The zero-order chi connectivity index (χ0) is 33.4. The van der Waals surface area contributed by atoms with Crippen molar-refractivity contribution >= 4 is 17.9 Å². The second kappa shape index (κ2) is 18.4. The Morgan fingerprint density at radius 3 is 2.26 bits per heavy atom. The number of carbonyl (C=O) groups is 3. The highest BCUT2D eigenvalue weighted by molar-refractivity contribution is 5.90. The van der Waals surface area contributed by atoms with Gasteiger partial charge in [-0.05, 0) is 105 Å². The van der Waals surface area contributed by atoms with Crippen LogP contribution in [0, 0.1) is 0 Å². The van der Waals surface area contributed by atoms with Crippen molar-refractivity contribution in [2.75, 3.05) is 33.2 Å². The van der Waals surface area contributed by atoms with E-state index in [1.54, 1.807) is 26.0 Å². The standard InChI is InChI=1S/C37H44O10/c1-3-42-35(38)14-10-20-45-32-13-9-12-26(31(32)16-18-36(39)43-4-2)11-7-5-6-8-19-44-30-22-28(21-29(23-30)37(40)41)27-15-17-33-34(24-27)47-25-46-33/h9,12-13,15,17,21-24H,3-8,10-11,14,16,18-20,25H2,1-2H3,(H,40,41). The molecule has 3 aromatic carbocycles. The summed E-state index contributed by atoms with van der Waals surface area (Å²) in [5, 5.41) is 9.66. The van der Waals surface area contributed by atoms with Crippen LogP contribution >= 0.6 is 0 Å². The number of benzene rings is 3. The maximum atomic E-state index is 12.1. The van der Waals surface area contributed by atoms with Crippen LogP contribution in [0.4, 0.5) is 0 Å². The molecular formula is C37H44O10. The Balaban J connectivity index is 1.28. The molecule has 0 bridgehead atoms. The van der Waals surface area contributed by atoms with Crippen molar-refractivity contribution in [1.82, 2.24) is 0 Å². The van der Waals surface area contributed by atoms with Crippen molar-refractivity contribution < 1.29 is 47.9 Å². The lowest BCUT2D eigenvalue weighted by molar-refractivity contribution is -0.144. The first-order chi connectivity index (χ1) is 22.9. The topological polar surface area (TPSA) is 127 Å². The lowest BCUT2D eigenvalue weighted by atomic mass is 9.96. The van der Waals surface area contributed by atoms with Crippen molar-refractivity contribution in [3.05, 3.63) is 71.3 Å². The fourth-order valence-electron chi connectivity index (χ4n) is 5.37. The van der Waals surface area contributed by atoms with Crippen molar-refractivity contribution in [3.8, 4) is 34.1 Å². The number of hydrogen-bond acceptors (Lipinski definition) is 9. The summed E-state index contributed by atoms with van der Waals surface area (Å²) in [6.07, 6.45) is 6.12. The SMILES string of the molecule is CCOC(=O)CCCOc1cccc(CCCCCCOc2cc(C(=O)O)cc(-c3ccc4c(c3)OCO4)c2)c1CCC(=O)OCC. The number of esters is 2. The Morgan fingerprint density at radius 2 is 1.47 bits per heavy atom. The van der Waals surface area contributed by atoms with Crippen LogP contribution in [0.2, 0.25) is 0 Å². The van der Waals surface area contributed by atoms with Gasteiger partial charge in [0.05, 0.1) is 32.0 Å². The minimum Gasteiger partial charge on any atom is -0.494 e. The van der Waals surface area contributed by atoms with Gasteiger partial charge in [0.2, 0.25) is 6.79 Å². The zero-order valence-electron chi connectivity index (χ0n) is 27.2. The van der Waals surface area contributed by atoms with Gasteiger partial charge in [0.1, 0.15) is 11.5 Å². The van der Waals surface area contributed by atoms with Gasteiger partial charge in [-0.1, -0.05) is 31.0 Å². The normalized spacial score (nSPS) is 11.6. The Hall–Kier alpha value is -4.73. The number of fused-ring (bicyclic) bond motifs is 1. The fourth-order valence-corrected chi connectivity index (χ4v) is 5.37. The summed E-state index contributed by atoms with van der Waals surface area (Å²) in [7, 11) is 0. The van der Waals surface area contributed by atoms with E-state index in [1.165, 1.54) is 0 Å². The summed E-state index contributed by atoms with van der Waals surface area (Å²) in [4.78, 5) is 35.6. The third kappa shape index (κ3) is 10.9. The number of carboxylic acids is 1. The molecule has 0 aliphatic carbocycles. The molecule has 0 fully saturated rings. The van der Waals surface area contributed by atoms with Crippen LogP contribution in [-0.2, 0) is 31.9 Å². The monoisotopic (exact) mass is 648 g/mol. The van der Waals surface area contributed by atoms with Crippen molar-refractivity contribution in [2.45, 2.75) is 71.6 Å². The maximum absolute atomic E-state index is 12.1. The molecule has 4 rings (SSSR count). The molecule has 0 aromatic heterocycles. The summed E-state index contributed by atoms with van der Waals surface area (Å²) in [6.45, 7) is 5.28. The largest absolute Gasteiger partial charge is 0.494 e. The predicted molar refractivity (Wildman–Crippen MR) is 175 cm³/mol. The molecule has 0 amide bonds. The van der Waals surface area contributed by atoms with Crippen LogP contribution in [0.3, 0.4) is 0 Å². The van der Waals surface area contributed by atoms with Crippen LogP contribution in [0.15, 0.2) is 54.6 Å². The lowest BCUT2D eigenvalue weighted by Crippen LogP contribution is -2.10. The van der Waals surface area contributed by atoms with E-state index < -0.39 is 5.97 Å². The average Bonchev–Trinajstić information content (AvgIpc) is 3.54. The van der Waals surface area contributed by atoms with Gasteiger partial charge in [-0.15, -0.1) is 0 Å². The molecule has 10 nitrogen and oxygen atoms in total. The number of carbonyl (C=O) groups excluding carboxylic acids is 2. The molecular weight excluding hydrogens is 604 g/mol. The molecule has 1 aliphatic heterocycles. The molecule has 0 saturated heterocycles. The average molecular weight is 649 g/mol. The van der Waals surface area contributed by atoms with Gasteiger partial charge in [0, 0.05) is 12.8 Å². The van der Waals surface area contributed by atoms with E-state index in [0.29, 0.717) is 62.9 Å². The summed E-state index contributed by atoms with van der Waals surface area (Å²) in [5.41, 5.74) is 3.82. The van der Waals surface area contributed by atoms with E-state index in [1.807, 2.05) is 36.4 Å². The van der Waals surface area contributed by atoms with E-state index in [2.05, 4.69) is 6.07 Å². The van der Waals surface area contributed by atoms with E-state index in [0.717, 1.165) is 60.1 Å². The molecule has 0 atom stereocenters. The molecule has 1 heterocycles. The van der Waals surface area contributed by atoms with Gasteiger partial charge in [-0.25, -0.2) is 4.79 Å². The Labute approximate surface area is 275 Å². The molecule has 0 saturated carbocycles. The van der Waals surface area contributed by atoms with Crippen LogP contribution in [0.25, 0.3) is 11.1 Å². The molecule has 3 aromatic rings. The predicted octanol–water partition coefficient (Wildman–Crippen LogP) is 7.18. The summed E-state index contributed by atoms with van der Waals surface area (Å²) < 4.78 is 33.0. The van der Waals surface area contributed by atoms with Crippen LogP contribution in [0.5, 0.6) is 23.0 Å².